The minimum absolute atomic E-state index is 0.403. The number of hydrogen-bond donors (Lipinski definition) is 2. The first-order valence-corrected chi connectivity index (χ1v) is 6.89. The highest BCUT2D eigenvalue weighted by Gasteiger charge is 2.02. The molecule has 2 rings (SSSR count). The fourth-order valence-corrected chi connectivity index (χ4v) is 2.07. The van der Waals surface area contributed by atoms with Crippen molar-refractivity contribution in [2.24, 2.45) is 0 Å². The molecule has 0 amide bonds. The molecular formula is C17H22N2. The van der Waals surface area contributed by atoms with E-state index in [0.717, 1.165) is 19.6 Å². The van der Waals surface area contributed by atoms with E-state index in [-0.39, 0.29) is 0 Å². The molecule has 2 N–H and O–H groups in total. The van der Waals surface area contributed by atoms with Crippen LogP contribution in [0.4, 0.5) is 0 Å². The number of benzene rings is 2. The SMILES string of the molecule is CC(NCCNCc1ccccc1)c1ccccc1. The summed E-state index contributed by atoms with van der Waals surface area (Å²) in [5.41, 5.74) is 2.67. The van der Waals surface area contributed by atoms with E-state index in [9.17, 15) is 0 Å². The second kappa shape index (κ2) is 7.72. The Kier molecular flexibility index (Phi) is 5.60. The highest BCUT2D eigenvalue weighted by molar-refractivity contribution is 5.18. The fourth-order valence-electron chi connectivity index (χ4n) is 2.07. The second-order valence-electron chi connectivity index (χ2n) is 4.75. The molecule has 1 atom stereocenters. The van der Waals surface area contributed by atoms with Crippen molar-refractivity contribution in [3.63, 3.8) is 0 Å². The summed E-state index contributed by atoms with van der Waals surface area (Å²) >= 11 is 0. The minimum atomic E-state index is 0.403. The van der Waals surface area contributed by atoms with E-state index in [1.165, 1.54) is 11.1 Å². The van der Waals surface area contributed by atoms with Gasteiger partial charge in [0.25, 0.3) is 0 Å². The van der Waals surface area contributed by atoms with E-state index in [0.29, 0.717) is 6.04 Å². The maximum absolute atomic E-state index is 3.52. The molecule has 0 radical (unpaired) electrons. The smallest absolute Gasteiger partial charge is 0.0292 e. The molecule has 2 aromatic rings. The van der Waals surface area contributed by atoms with Crippen LogP contribution in [0.2, 0.25) is 0 Å². The Hall–Kier alpha value is -1.64. The van der Waals surface area contributed by atoms with Gasteiger partial charge in [-0.1, -0.05) is 60.7 Å². The lowest BCUT2D eigenvalue weighted by atomic mass is 10.1. The quantitative estimate of drug-likeness (QED) is 0.742. The van der Waals surface area contributed by atoms with Crippen molar-refractivity contribution in [2.45, 2.75) is 19.5 Å². The van der Waals surface area contributed by atoms with Crippen molar-refractivity contribution in [2.75, 3.05) is 13.1 Å². The van der Waals surface area contributed by atoms with Crippen LogP contribution in [0.3, 0.4) is 0 Å². The average Bonchev–Trinajstić information content (AvgIpc) is 2.49. The summed E-state index contributed by atoms with van der Waals surface area (Å²) in [5.74, 6) is 0. The van der Waals surface area contributed by atoms with Gasteiger partial charge in [-0.05, 0) is 18.1 Å². The molecular weight excluding hydrogens is 232 g/mol. The van der Waals surface area contributed by atoms with Crippen LogP contribution in [0, 0.1) is 0 Å². The van der Waals surface area contributed by atoms with Crippen molar-refractivity contribution >= 4 is 0 Å². The van der Waals surface area contributed by atoms with Crippen LogP contribution >= 0.6 is 0 Å². The second-order valence-corrected chi connectivity index (χ2v) is 4.75. The lowest BCUT2D eigenvalue weighted by Crippen LogP contribution is -2.28. The van der Waals surface area contributed by atoms with Crippen LogP contribution in [0.5, 0.6) is 0 Å². The zero-order valence-electron chi connectivity index (χ0n) is 11.5. The van der Waals surface area contributed by atoms with Crippen LogP contribution in [0.25, 0.3) is 0 Å². The predicted octanol–water partition coefficient (Wildman–Crippen LogP) is 3.13. The summed E-state index contributed by atoms with van der Waals surface area (Å²) < 4.78 is 0. The molecule has 0 aliphatic heterocycles. The molecule has 19 heavy (non-hydrogen) atoms. The molecule has 2 nitrogen and oxygen atoms in total. The zero-order valence-corrected chi connectivity index (χ0v) is 11.5. The Balaban J connectivity index is 1.62. The molecule has 2 heteroatoms. The van der Waals surface area contributed by atoms with Gasteiger partial charge in [-0.25, -0.2) is 0 Å². The summed E-state index contributed by atoms with van der Waals surface area (Å²) in [5, 5.41) is 6.97. The van der Waals surface area contributed by atoms with E-state index in [1.807, 2.05) is 6.07 Å². The Morgan fingerprint density at radius 2 is 1.47 bits per heavy atom. The van der Waals surface area contributed by atoms with Gasteiger partial charge in [-0.15, -0.1) is 0 Å². The van der Waals surface area contributed by atoms with E-state index in [1.54, 1.807) is 0 Å². The van der Waals surface area contributed by atoms with Gasteiger partial charge in [0.2, 0.25) is 0 Å². The third-order valence-electron chi connectivity index (χ3n) is 3.22. The van der Waals surface area contributed by atoms with E-state index in [4.69, 9.17) is 0 Å². The van der Waals surface area contributed by atoms with Crippen LogP contribution in [-0.2, 0) is 6.54 Å². The van der Waals surface area contributed by atoms with Gasteiger partial charge in [-0.2, -0.15) is 0 Å². The standard InChI is InChI=1S/C17H22N2/c1-15(17-10-6-3-7-11-17)19-13-12-18-14-16-8-4-2-5-9-16/h2-11,15,18-19H,12-14H2,1H3. The molecule has 100 valence electrons. The molecule has 2 aromatic carbocycles. The maximum atomic E-state index is 3.52. The Labute approximate surface area is 115 Å². The van der Waals surface area contributed by atoms with Crippen LogP contribution in [0.1, 0.15) is 24.1 Å². The summed E-state index contributed by atoms with van der Waals surface area (Å²) in [6.07, 6.45) is 0. The summed E-state index contributed by atoms with van der Waals surface area (Å²) in [6, 6.07) is 21.4. The molecule has 0 bridgehead atoms. The van der Waals surface area contributed by atoms with Crippen molar-refractivity contribution in [3.8, 4) is 0 Å². The number of nitrogens with one attached hydrogen (secondary N) is 2. The molecule has 0 saturated carbocycles. The third-order valence-corrected chi connectivity index (χ3v) is 3.22. The first-order chi connectivity index (χ1) is 9.36. The van der Waals surface area contributed by atoms with E-state index < -0.39 is 0 Å². The molecule has 0 saturated heterocycles. The molecule has 0 fully saturated rings. The fraction of sp³-hybridized carbons (Fsp3) is 0.294. The molecule has 0 heterocycles. The molecule has 0 aliphatic rings. The van der Waals surface area contributed by atoms with Crippen LogP contribution in [-0.4, -0.2) is 13.1 Å². The van der Waals surface area contributed by atoms with E-state index in [2.05, 4.69) is 72.2 Å². The topological polar surface area (TPSA) is 24.1 Å². The predicted molar refractivity (Wildman–Crippen MR) is 81.0 cm³/mol. The Morgan fingerprint density at radius 3 is 2.16 bits per heavy atom. The highest BCUT2D eigenvalue weighted by Crippen LogP contribution is 2.10. The Bertz CT molecular complexity index is 453. The first kappa shape index (κ1) is 13.8. The van der Waals surface area contributed by atoms with Gasteiger partial charge in [0, 0.05) is 25.7 Å². The first-order valence-electron chi connectivity index (χ1n) is 6.89. The van der Waals surface area contributed by atoms with Gasteiger partial charge >= 0.3 is 0 Å². The van der Waals surface area contributed by atoms with Crippen LogP contribution < -0.4 is 10.6 Å². The van der Waals surface area contributed by atoms with Gasteiger partial charge in [0.15, 0.2) is 0 Å². The lowest BCUT2D eigenvalue weighted by Gasteiger charge is -2.14. The maximum Gasteiger partial charge on any atom is 0.0292 e. The van der Waals surface area contributed by atoms with Crippen LogP contribution in [0.15, 0.2) is 60.7 Å². The van der Waals surface area contributed by atoms with E-state index >= 15 is 0 Å². The van der Waals surface area contributed by atoms with Gasteiger partial charge in [0.05, 0.1) is 0 Å². The van der Waals surface area contributed by atoms with Crippen molar-refractivity contribution in [1.82, 2.24) is 10.6 Å². The van der Waals surface area contributed by atoms with Gasteiger partial charge < -0.3 is 10.6 Å². The molecule has 0 aromatic heterocycles. The molecule has 0 spiro atoms. The minimum Gasteiger partial charge on any atom is -0.311 e. The normalized spacial score (nSPS) is 12.3. The average molecular weight is 254 g/mol. The highest BCUT2D eigenvalue weighted by atomic mass is 15.0. The summed E-state index contributed by atoms with van der Waals surface area (Å²) in [6.45, 7) is 5.09. The third kappa shape index (κ3) is 4.86. The van der Waals surface area contributed by atoms with Crippen molar-refractivity contribution in [3.05, 3.63) is 71.8 Å². The van der Waals surface area contributed by atoms with Gasteiger partial charge in [0.1, 0.15) is 0 Å². The monoisotopic (exact) mass is 254 g/mol. The lowest BCUT2D eigenvalue weighted by molar-refractivity contribution is 0.545. The zero-order chi connectivity index (χ0) is 13.3. The Morgan fingerprint density at radius 1 is 0.842 bits per heavy atom. The summed E-state index contributed by atoms with van der Waals surface area (Å²) in [4.78, 5) is 0. The number of rotatable bonds is 7. The van der Waals surface area contributed by atoms with Crippen molar-refractivity contribution < 1.29 is 0 Å². The molecule has 0 aliphatic carbocycles. The van der Waals surface area contributed by atoms with Gasteiger partial charge in [-0.3, -0.25) is 0 Å². The molecule has 1 unspecified atom stereocenters. The largest absolute Gasteiger partial charge is 0.311 e. The number of hydrogen-bond acceptors (Lipinski definition) is 2. The summed E-state index contributed by atoms with van der Waals surface area (Å²) in [7, 11) is 0. The van der Waals surface area contributed by atoms with Crippen molar-refractivity contribution in [1.29, 1.82) is 0 Å².